The van der Waals surface area contributed by atoms with Crippen molar-refractivity contribution < 1.29 is 9.18 Å². The number of hydrogen-bond donors (Lipinski definition) is 1. The lowest BCUT2D eigenvalue weighted by Gasteiger charge is -2.10. The van der Waals surface area contributed by atoms with Crippen molar-refractivity contribution in [2.24, 2.45) is 0 Å². The third-order valence-electron chi connectivity index (χ3n) is 2.90. The smallest absolute Gasteiger partial charge is 0.256 e. The van der Waals surface area contributed by atoms with Crippen LogP contribution >= 0.6 is 11.3 Å². The standard InChI is InChI=1S/C14H15FN2OS/c1-8-11(14(18)17(2)3)13(16)19-12(8)9-4-6-10(15)7-5-9/h4-7H,16H2,1-3H3. The second kappa shape index (κ2) is 5.01. The molecule has 5 heteroatoms. The maximum atomic E-state index is 12.9. The lowest BCUT2D eigenvalue weighted by molar-refractivity contribution is 0.0828. The monoisotopic (exact) mass is 278 g/mol. The fourth-order valence-electron chi connectivity index (χ4n) is 1.90. The van der Waals surface area contributed by atoms with Crippen LogP contribution < -0.4 is 5.73 Å². The number of nitrogens with two attached hydrogens (primary N) is 1. The van der Waals surface area contributed by atoms with Crippen molar-refractivity contribution in [3.05, 3.63) is 41.2 Å². The maximum absolute atomic E-state index is 12.9. The second-order valence-electron chi connectivity index (χ2n) is 4.50. The average molecular weight is 278 g/mol. The van der Waals surface area contributed by atoms with Gasteiger partial charge in [0.15, 0.2) is 0 Å². The lowest BCUT2D eigenvalue weighted by atomic mass is 10.1. The van der Waals surface area contributed by atoms with Gasteiger partial charge < -0.3 is 10.6 Å². The van der Waals surface area contributed by atoms with Gasteiger partial charge in [-0.05, 0) is 30.2 Å². The first-order valence-corrected chi connectivity index (χ1v) is 6.60. The highest BCUT2D eigenvalue weighted by Gasteiger charge is 2.21. The van der Waals surface area contributed by atoms with Gasteiger partial charge in [-0.1, -0.05) is 12.1 Å². The van der Waals surface area contributed by atoms with Gasteiger partial charge in [0.05, 0.1) is 10.6 Å². The van der Waals surface area contributed by atoms with Crippen LogP contribution in [0, 0.1) is 12.7 Å². The molecule has 2 N–H and O–H groups in total. The Balaban J connectivity index is 2.53. The van der Waals surface area contributed by atoms with Crippen molar-refractivity contribution in [2.45, 2.75) is 6.92 Å². The Labute approximate surface area is 115 Å². The van der Waals surface area contributed by atoms with Crippen molar-refractivity contribution in [1.29, 1.82) is 0 Å². The summed E-state index contributed by atoms with van der Waals surface area (Å²) in [5.74, 6) is -0.393. The topological polar surface area (TPSA) is 46.3 Å². The SMILES string of the molecule is Cc1c(-c2ccc(F)cc2)sc(N)c1C(=O)N(C)C. The van der Waals surface area contributed by atoms with Gasteiger partial charge in [0.1, 0.15) is 5.82 Å². The van der Waals surface area contributed by atoms with Crippen LogP contribution in [0.15, 0.2) is 24.3 Å². The summed E-state index contributed by atoms with van der Waals surface area (Å²) < 4.78 is 12.9. The normalized spacial score (nSPS) is 10.5. The summed E-state index contributed by atoms with van der Waals surface area (Å²) >= 11 is 1.35. The number of anilines is 1. The number of carbonyl (C=O) groups excluding carboxylic acids is 1. The number of hydrogen-bond acceptors (Lipinski definition) is 3. The predicted molar refractivity (Wildman–Crippen MR) is 76.9 cm³/mol. The van der Waals surface area contributed by atoms with Gasteiger partial charge >= 0.3 is 0 Å². The summed E-state index contributed by atoms with van der Waals surface area (Å²) in [5, 5.41) is 0.496. The van der Waals surface area contributed by atoms with Crippen LogP contribution in [0.1, 0.15) is 15.9 Å². The molecule has 1 amide bonds. The lowest BCUT2D eigenvalue weighted by Crippen LogP contribution is -2.22. The van der Waals surface area contributed by atoms with Crippen molar-refractivity contribution in [2.75, 3.05) is 19.8 Å². The Hall–Kier alpha value is -1.88. The molecule has 0 atom stereocenters. The Morgan fingerprint density at radius 2 is 1.84 bits per heavy atom. The zero-order valence-corrected chi connectivity index (χ0v) is 11.8. The molecule has 2 aromatic rings. The molecule has 0 bridgehead atoms. The van der Waals surface area contributed by atoms with Crippen LogP contribution in [-0.2, 0) is 0 Å². The molecule has 0 unspecified atom stereocenters. The van der Waals surface area contributed by atoms with E-state index in [0.717, 1.165) is 16.0 Å². The summed E-state index contributed by atoms with van der Waals surface area (Å²) in [6.45, 7) is 1.86. The third kappa shape index (κ3) is 2.46. The van der Waals surface area contributed by atoms with E-state index in [4.69, 9.17) is 5.73 Å². The highest BCUT2D eigenvalue weighted by atomic mass is 32.1. The zero-order chi connectivity index (χ0) is 14.2. The summed E-state index contributed by atoms with van der Waals surface area (Å²) in [7, 11) is 3.38. The third-order valence-corrected chi connectivity index (χ3v) is 4.07. The van der Waals surface area contributed by atoms with E-state index in [2.05, 4.69) is 0 Å². The van der Waals surface area contributed by atoms with Gasteiger partial charge in [-0.3, -0.25) is 4.79 Å². The first-order chi connectivity index (χ1) is 8.91. The van der Waals surface area contributed by atoms with E-state index in [1.807, 2.05) is 6.92 Å². The van der Waals surface area contributed by atoms with Crippen molar-refractivity contribution >= 4 is 22.2 Å². The quantitative estimate of drug-likeness (QED) is 0.917. The predicted octanol–water partition coefficient (Wildman–Crippen LogP) is 3.15. The summed E-state index contributed by atoms with van der Waals surface area (Å²) in [6, 6.07) is 6.19. The Morgan fingerprint density at radius 3 is 2.37 bits per heavy atom. The zero-order valence-electron chi connectivity index (χ0n) is 11.0. The van der Waals surface area contributed by atoms with E-state index < -0.39 is 0 Å². The highest BCUT2D eigenvalue weighted by Crippen LogP contribution is 2.38. The number of thiophene rings is 1. The maximum Gasteiger partial charge on any atom is 0.256 e. The molecule has 0 radical (unpaired) electrons. The minimum atomic E-state index is -0.282. The minimum absolute atomic E-state index is 0.111. The summed E-state index contributed by atoms with van der Waals surface area (Å²) in [6.07, 6.45) is 0. The van der Waals surface area contributed by atoms with Gasteiger partial charge in [-0.15, -0.1) is 11.3 Å². The van der Waals surface area contributed by atoms with E-state index >= 15 is 0 Å². The average Bonchev–Trinajstić information content (AvgIpc) is 2.65. The van der Waals surface area contributed by atoms with E-state index in [9.17, 15) is 9.18 Å². The molecule has 0 saturated carbocycles. The molecule has 100 valence electrons. The van der Waals surface area contributed by atoms with Gasteiger partial charge in [-0.25, -0.2) is 4.39 Å². The summed E-state index contributed by atoms with van der Waals surface area (Å²) in [4.78, 5) is 14.5. The molecular formula is C14H15FN2OS. The number of benzene rings is 1. The number of nitrogens with zero attached hydrogens (tertiary/aromatic N) is 1. The van der Waals surface area contributed by atoms with Gasteiger partial charge in [0, 0.05) is 19.0 Å². The molecule has 0 aliphatic rings. The molecular weight excluding hydrogens is 263 g/mol. The molecule has 1 aromatic carbocycles. The van der Waals surface area contributed by atoms with E-state index in [1.54, 1.807) is 26.2 Å². The Morgan fingerprint density at radius 1 is 1.26 bits per heavy atom. The van der Waals surface area contributed by atoms with Crippen molar-refractivity contribution in [3.63, 3.8) is 0 Å². The van der Waals surface area contributed by atoms with Gasteiger partial charge in [-0.2, -0.15) is 0 Å². The number of rotatable bonds is 2. The minimum Gasteiger partial charge on any atom is -0.390 e. The number of carbonyl (C=O) groups is 1. The van der Waals surface area contributed by atoms with Crippen molar-refractivity contribution in [3.8, 4) is 10.4 Å². The number of nitrogen functional groups attached to an aromatic ring is 1. The molecule has 1 heterocycles. The number of amides is 1. The molecule has 0 fully saturated rings. The summed E-state index contributed by atoms with van der Waals surface area (Å²) in [5.41, 5.74) is 8.19. The first-order valence-electron chi connectivity index (χ1n) is 5.78. The van der Waals surface area contributed by atoms with E-state index in [1.165, 1.54) is 28.4 Å². The van der Waals surface area contributed by atoms with Crippen LogP contribution in [0.2, 0.25) is 0 Å². The number of halogens is 1. The molecule has 0 spiro atoms. The fraction of sp³-hybridized carbons (Fsp3) is 0.214. The van der Waals surface area contributed by atoms with Crippen LogP contribution in [0.25, 0.3) is 10.4 Å². The molecule has 0 aliphatic heterocycles. The van der Waals surface area contributed by atoms with Gasteiger partial charge in [0.25, 0.3) is 5.91 Å². The van der Waals surface area contributed by atoms with Crippen LogP contribution in [0.5, 0.6) is 0 Å². The molecule has 0 saturated heterocycles. The first kappa shape index (κ1) is 13.5. The Bertz CT molecular complexity index is 617. The van der Waals surface area contributed by atoms with Crippen LogP contribution in [-0.4, -0.2) is 24.9 Å². The van der Waals surface area contributed by atoms with Crippen LogP contribution in [0.3, 0.4) is 0 Å². The molecule has 19 heavy (non-hydrogen) atoms. The van der Waals surface area contributed by atoms with E-state index in [-0.39, 0.29) is 11.7 Å². The Kier molecular flexibility index (Phi) is 3.57. The molecule has 2 rings (SSSR count). The fourth-order valence-corrected chi connectivity index (χ4v) is 2.97. The van der Waals surface area contributed by atoms with Crippen molar-refractivity contribution in [1.82, 2.24) is 4.90 Å². The molecule has 0 aliphatic carbocycles. The largest absolute Gasteiger partial charge is 0.390 e. The molecule has 1 aromatic heterocycles. The molecule has 3 nitrogen and oxygen atoms in total. The van der Waals surface area contributed by atoms with Crippen LogP contribution in [0.4, 0.5) is 9.39 Å². The second-order valence-corrected chi connectivity index (χ2v) is 5.55. The van der Waals surface area contributed by atoms with E-state index in [0.29, 0.717) is 10.6 Å². The van der Waals surface area contributed by atoms with Gasteiger partial charge in [0.2, 0.25) is 0 Å². The highest BCUT2D eigenvalue weighted by molar-refractivity contribution is 7.19.